The smallest absolute Gasteiger partial charge is 0.0991 e. The molecule has 1 unspecified atom stereocenters. The van der Waals surface area contributed by atoms with Crippen molar-refractivity contribution in [2.45, 2.75) is 32.9 Å². The van der Waals surface area contributed by atoms with Gasteiger partial charge in [0.2, 0.25) is 0 Å². The molecule has 0 spiro atoms. The van der Waals surface area contributed by atoms with E-state index >= 15 is 0 Å². The average Bonchev–Trinajstić information content (AvgIpc) is 2.37. The summed E-state index contributed by atoms with van der Waals surface area (Å²) in [4.78, 5) is 2.28. The van der Waals surface area contributed by atoms with E-state index < -0.39 is 0 Å². The van der Waals surface area contributed by atoms with E-state index in [0.717, 1.165) is 18.7 Å². The van der Waals surface area contributed by atoms with Gasteiger partial charge in [0.1, 0.15) is 0 Å². The van der Waals surface area contributed by atoms with Gasteiger partial charge in [-0.1, -0.05) is 26.0 Å². The molecule has 19 heavy (non-hydrogen) atoms. The summed E-state index contributed by atoms with van der Waals surface area (Å²) in [5, 5.41) is 12.4. The SMILES string of the molecule is CC(C)CC(CNCc1cccc(C#N)c1)N(C)C. The Balaban J connectivity index is 2.45. The molecule has 1 atom stereocenters. The van der Waals surface area contributed by atoms with Gasteiger partial charge in [0.05, 0.1) is 11.6 Å². The Hall–Kier alpha value is -1.37. The Morgan fingerprint density at radius 1 is 1.32 bits per heavy atom. The minimum atomic E-state index is 0.555. The second-order valence-corrected chi connectivity index (χ2v) is 5.69. The first-order valence-electron chi connectivity index (χ1n) is 6.89. The molecule has 0 aliphatic carbocycles. The quantitative estimate of drug-likeness (QED) is 0.818. The van der Waals surface area contributed by atoms with Crippen molar-refractivity contribution >= 4 is 0 Å². The molecule has 0 radical (unpaired) electrons. The van der Waals surface area contributed by atoms with Gasteiger partial charge in [0.25, 0.3) is 0 Å². The lowest BCUT2D eigenvalue weighted by atomic mass is 10.0. The van der Waals surface area contributed by atoms with E-state index in [1.54, 1.807) is 0 Å². The minimum absolute atomic E-state index is 0.555. The molecule has 0 bridgehead atoms. The predicted molar refractivity (Wildman–Crippen MR) is 79.8 cm³/mol. The van der Waals surface area contributed by atoms with Crippen LogP contribution in [-0.4, -0.2) is 31.6 Å². The fourth-order valence-corrected chi connectivity index (χ4v) is 2.15. The molecule has 0 saturated carbocycles. The Bertz CT molecular complexity index is 418. The maximum absolute atomic E-state index is 8.87. The highest BCUT2D eigenvalue weighted by atomic mass is 15.1. The summed E-state index contributed by atoms with van der Waals surface area (Å²) in [6, 6.07) is 10.5. The maximum Gasteiger partial charge on any atom is 0.0991 e. The fourth-order valence-electron chi connectivity index (χ4n) is 2.15. The largest absolute Gasteiger partial charge is 0.311 e. The van der Waals surface area contributed by atoms with Crippen LogP contribution in [0, 0.1) is 17.2 Å². The predicted octanol–water partition coefficient (Wildman–Crippen LogP) is 2.62. The van der Waals surface area contributed by atoms with Crippen molar-refractivity contribution in [3.63, 3.8) is 0 Å². The average molecular weight is 259 g/mol. The van der Waals surface area contributed by atoms with E-state index in [0.29, 0.717) is 12.0 Å². The summed E-state index contributed by atoms with van der Waals surface area (Å²) >= 11 is 0. The topological polar surface area (TPSA) is 39.1 Å². The first-order valence-corrected chi connectivity index (χ1v) is 6.89. The van der Waals surface area contributed by atoms with Crippen LogP contribution in [0.5, 0.6) is 0 Å². The molecule has 0 amide bonds. The molecular formula is C16H25N3. The van der Waals surface area contributed by atoms with Crippen LogP contribution in [0.4, 0.5) is 0 Å². The highest BCUT2D eigenvalue weighted by molar-refractivity contribution is 5.32. The van der Waals surface area contributed by atoms with E-state index in [9.17, 15) is 0 Å². The Morgan fingerprint density at radius 3 is 2.63 bits per heavy atom. The van der Waals surface area contributed by atoms with Crippen LogP contribution in [0.1, 0.15) is 31.4 Å². The molecule has 0 fully saturated rings. The lowest BCUT2D eigenvalue weighted by molar-refractivity contribution is 0.246. The van der Waals surface area contributed by atoms with Crippen LogP contribution in [0.3, 0.4) is 0 Å². The van der Waals surface area contributed by atoms with Crippen molar-refractivity contribution in [1.82, 2.24) is 10.2 Å². The van der Waals surface area contributed by atoms with Crippen LogP contribution in [0.2, 0.25) is 0 Å². The number of hydrogen-bond donors (Lipinski definition) is 1. The molecular weight excluding hydrogens is 234 g/mol. The van der Waals surface area contributed by atoms with Crippen molar-refractivity contribution in [2.75, 3.05) is 20.6 Å². The Labute approximate surface area is 117 Å². The van der Waals surface area contributed by atoms with Crippen molar-refractivity contribution in [3.8, 4) is 6.07 Å². The van der Waals surface area contributed by atoms with Gasteiger partial charge in [-0.25, -0.2) is 0 Å². The fraction of sp³-hybridized carbons (Fsp3) is 0.562. The van der Waals surface area contributed by atoms with Crippen molar-refractivity contribution < 1.29 is 0 Å². The second kappa shape index (κ2) is 7.93. The van der Waals surface area contributed by atoms with Crippen LogP contribution in [0.25, 0.3) is 0 Å². The van der Waals surface area contributed by atoms with E-state index in [4.69, 9.17) is 5.26 Å². The lowest BCUT2D eigenvalue weighted by Gasteiger charge is -2.26. The zero-order valence-corrected chi connectivity index (χ0v) is 12.5. The van der Waals surface area contributed by atoms with E-state index in [2.05, 4.69) is 50.3 Å². The molecule has 3 nitrogen and oxygen atoms in total. The molecule has 1 aromatic carbocycles. The van der Waals surface area contributed by atoms with Gasteiger partial charge in [0, 0.05) is 19.1 Å². The molecule has 1 rings (SSSR count). The molecule has 3 heteroatoms. The van der Waals surface area contributed by atoms with Gasteiger partial charge < -0.3 is 10.2 Å². The first kappa shape index (κ1) is 15.7. The van der Waals surface area contributed by atoms with Gasteiger partial charge in [-0.3, -0.25) is 0 Å². The standard InChI is InChI=1S/C16H25N3/c1-13(2)8-16(19(3)4)12-18-11-15-7-5-6-14(9-15)10-17/h5-7,9,13,16,18H,8,11-12H2,1-4H3. The highest BCUT2D eigenvalue weighted by Crippen LogP contribution is 2.09. The zero-order chi connectivity index (χ0) is 14.3. The Morgan fingerprint density at radius 2 is 2.05 bits per heavy atom. The number of nitrogens with one attached hydrogen (secondary N) is 1. The highest BCUT2D eigenvalue weighted by Gasteiger charge is 2.12. The molecule has 1 aromatic rings. The summed E-state index contributed by atoms with van der Waals surface area (Å²) in [5.74, 6) is 0.705. The summed E-state index contributed by atoms with van der Waals surface area (Å²) in [6.45, 7) is 6.31. The number of hydrogen-bond acceptors (Lipinski definition) is 3. The monoisotopic (exact) mass is 259 g/mol. The van der Waals surface area contributed by atoms with Crippen LogP contribution < -0.4 is 5.32 Å². The molecule has 0 saturated heterocycles. The summed E-state index contributed by atoms with van der Waals surface area (Å²) in [7, 11) is 4.26. The Kier molecular flexibility index (Phi) is 6.55. The normalized spacial score (nSPS) is 12.7. The van der Waals surface area contributed by atoms with Crippen LogP contribution >= 0.6 is 0 Å². The van der Waals surface area contributed by atoms with Gasteiger partial charge in [0.15, 0.2) is 0 Å². The third kappa shape index (κ3) is 5.87. The number of rotatable bonds is 7. The van der Waals surface area contributed by atoms with Crippen LogP contribution in [-0.2, 0) is 6.54 Å². The molecule has 0 aliphatic heterocycles. The summed E-state index contributed by atoms with van der Waals surface area (Å²) in [6.07, 6.45) is 1.19. The van der Waals surface area contributed by atoms with Gasteiger partial charge in [-0.15, -0.1) is 0 Å². The lowest BCUT2D eigenvalue weighted by Crippen LogP contribution is -2.38. The summed E-state index contributed by atoms with van der Waals surface area (Å²) < 4.78 is 0. The van der Waals surface area contributed by atoms with Crippen molar-refractivity contribution in [2.24, 2.45) is 5.92 Å². The van der Waals surface area contributed by atoms with E-state index in [1.165, 1.54) is 12.0 Å². The first-order chi connectivity index (χ1) is 9.02. The van der Waals surface area contributed by atoms with Crippen molar-refractivity contribution in [1.29, 1.82) is 5.26 Å². The van der Waals surface area contributed by atoms with Gasteiger partial charge in [-0.2, -0.15) is 5.26 Å². The maximum atomic E-state index is 8.87. The molecule has 0 heterocycles. The summed E-state index contributed by atoms with van der Waals surface area (Å²) in [5.41, 5.74) is 1.90. The minimum Gasteiger partial charge on any atom is -0.311 e. The molecule has 1 N–H and O–H groups in total. The van der Waals surface area contributed by atoms with Gasteiger partial charge in [-0.05, 0) is 44.1 Å². The third-order valence-corrected chi connectivity index (χ3v) is 3.24. The van der Waals surface area contributed by atoms with Crippen LogP contribution in [0.15, 0.2) is 24.3 Å². The zero-order valence-electron chi connectivity index (χ0n) is 12.5. The number of benzene rings is 1. The second-order valence-electron chi connectivity index (χ2n) is 5.69. The van der Waals surface area contributed by atoms with E-state index in [1.807, 2.05) is 18.2 Å². The number of nitrogens with zero attached hydrogens (tertiary/aromatic N) is 2. The number of nitriles is 1. The third-order valence-electron chi connectivity index (χ3n) is 3.24. The molecule has 0 aromatic heterocycles. The van der Waals surface area contributed by atoms with Crippen molar-refractivity contribution in [3.05, 3.63) is 35.4 Å². The number of likely N-dealkylation sites (N-methyl/N-ethyl adjacent to an activating group) is 1. The molecule has 104 valence electrons. The van der Waals surface area contributed by atoms with E-state index in [-0.39, 0.29) is 0 Å². The van der Waals surface area contributed by atoms with Gasteiger partial charge >= 0.3 is 0 Å². The molecule has 0 aliphatic rings.